The van der Waals surface area contributed by atoms with E-state index < -0.39 is 0 Å². The Hall–Kier alpha value is -2.73. The summed E-state index contributed by atoms with van der Waals surface area (Å²) >= 11 is 3.59. The average molecular weight is 380 g/mol. The van der Waals surface area contributed by atoms with Gasteiger partial charge in [0.1, 0.15) is 23.5 Å². The van der Waals surface area contributed by atoms with Crippen LogP contribution < -0.4 is 5.32 Å². The number of fused-ring (bicyclic) bond motifs is 1. The van der Waals surface area contributed by atoms with Crippen LogP contribution in [0.1, 0.15) is 5.56 Å². The molecule has 3 heterocycles. The smallest absolute Gasteiger partial charge is 0.144 e. The van der Waals surface area contributed by atoms with Gasteiger partial charge in [0.15, 0.2) is 0 Å². The molecule has 118 valence electrons. The van der Waals surface area contributed by atoms with Crippen LogP contribution in [0.5, 0.6) is 0 Å². The normalized spacial score (nSPS) is 10.9. The zero-order chi connectivity index (χ0) is 16.5. The van der Waals surface area contributed by atoms with Crippen molar-refractivity contribution >= 4 is 33.1 Å². The first kappa shape index (κ1) is 14.8. The monoisotopic (exact) mass is 379 g/mol. The van der Waals surface area contributed by atoms with Gasteiger partial charge in [-0.2, -0.15) is 0 Å². The Morgan fingerprint density at radius 2 is 1.96 bits per heavy atom. The Bertz CT molecular complexity index is 1020. The summed E-state index contributed by atoms with van der Waals surface area (Å²) < 4.78 is 2.89. The molecule has 0 bridgehead atoms. The van der Waals surface area contributed by atoms with E-state index in [9.17, 15) is 0 Å². The largest absolute Gasteiger partial charge is 0.339 e. The number of pyridine rings is 1. The van der Waals surface area contributed by atoms with E-state index in [0.29, 0.717) is 0 Å². The summed E-state index contributed by atoms with van der Waals surface area (Å²) in [5.41, 5.74) is 4.77. The quantitative estimate of drug-likeness (QED) is 0.564. The molecule has 0 aliphatic rings. The lowest BCUT2D eigenvalue weighted by atomic mass is 10.2. The molecule has 24 heavy (non-hydrogen) atoms. The van der Waals surface area contributed by atoms with Crippen LogP contribution in [-0.2, 0) is 0 Å². The lowest BCUT2D eigenvalue weighted by molar-refractivity contribution is 1.09. The molecule has 0 aliphatic carbocycles. The van der Waals surface area contributed by atoms with Gasteiger partial charge in [0.25, 0.3) is 0 Å². The number of nitrogens with zero attached hydrogens (tertiary/aromatic N) is 4. The van der Waals surface area contributed by atoms with Crippen LogP contribution in [0.25, 0.3) is 16.9 Å². The molecule has 1 N–H and O–H groups in total. The van der Waals surface area contributed by atoms with E-state index in [4.69, 9.17) is 4.98 Å². The molecule has 0 radical (unpaired) electrons. The third-order valence-electron chi connectivity index (χ3n) is 3.73. The molecule has 0 atom stereocenters. The molecule has 5 nitrogen and oxygen atoms in total. The van der Waals surface area contributed by atoms with Crippen LogP contribution in [0.15, 0.2) is 65.8 Å². The highest BCUT2D eigenvalue weighted by Gasteiger charge is 2.16. The van der Waals surface area contributed by atoms with E-state index in [-0.39, 0.29) is 0 Å². The van der Waals surface area contributed by atoms with Crippen LogP contribution in [0.4, 0.5) is 11.5 Å². The second kappa shape index (κ2) is 6.05. The first-order chi connectivity index (χ1) is 11.7. The fraction of sp³-hybridized carbons (Fsp3) is 0.0556. The standard InChI is InChI=1S/C18H14BrN5/c1-12-3-2-4-13(9-12)22-18-17(14-10-20-7-5-15(14)19)23-16-6-8-21-11-24(16)18/h2-11,22H,1H3. The zero-order valence-corrected chi connectivity index (χ0v) is 14.5. The maximum absolute atomic E-state index is 4.75. The van der Waals surface area contributed by atoms with E-state index in [1.807, 2.05) is 28.7 Å². The van der Waals surface area contributed by atoms with Gasteiger partial charge in [0.05, 0.1) is 0 Å². The number of anilines is 2. The predicted octanol–water partition coefficient (Wildman–Crippen LogP) is 4.61. The molecule has 0 unspecified atom stereocenters. The van der Waals surface area contributed by atoms with Gasteiger partial charge in [-0.05, 0) is 52.7 Å². The molecular weight excluding hydrogens is 366 g/mol. The fourth-order valence-corrected chi connectivity index (χ4v) is 3.03. The third kappa shape index (κ3) is 2.65. The van der Waals surface area contributed by atoms with Crippen LogP contribution in [0.2, 0.25) is 0 Å². The molecule has 0 saturated heterocycles. The number of rotatable bonds is 3. The molecule has 4 rings (SSSR count). The molecule has 1 aromatic carbocycles. The summed E-state index contributed by atoms with van der Waals surface area (Å²) in [7, 11) is 0. The summed E-state index contributed by atoms with van der Waals surface area (Å²) in [5, 5.41) is 3.47. The molecular formula is C18H14BrN5. The van der Waals surface area contributed by atoms with Crippen molar-refractivity contribution in [2.75, 3.05) is 5.32 Å². The van der Waals surface area contributed by atoms with Gasteiger partial charge >= 0.3 is 0 Å². The predicted molar refractivity (Wildman–Crippen MR) is 98.4 cm³/mol. The lowest BCUT2D eigenvalue weighted by Gasteiger charge is -2.10. The number of aromatic nitrogens is 4. The van der Waals surface area contributed by atoms with Crippen molar-refractivity contribution in [3.63, 3.8) is 0 Å². The highest BCUT2D eigenvalue weighted by atomic mass is 79.9. The molecule has 0 amide bonds. The topological polar surface area (TPSA) is 55.1 Å². The Morgan fingerprint density at radius 1 is 1.08 bits per heavy atom. The number of hydrogen-bond donors (Lipinski definition) is 1. The number of aryl methyl sites for hydroxylation is 1. The maximum Gasteiger partial charge on any atom is 0.144 e. The highest BCUT2D eigenvalue weighted by molar-refractivity contribution is 9.10. The van der Waals surface area contributed by atoms with Crippen LogP contribution >= 0.6 is 15.9 Å². The van der Waals surface area contributed by atoms with Crippen molar-refractivity contribution < 1.29 is 0 Å². The molecule has 4 aromatic rings. The lowest BCUT2D eigenvalue weighted by Crippen LogP contribution is -1.98. The second-order valence-corrected chi connectivity index (χ2v) is 6.32. The Balaban J connectivity index is 1.92. The second-order valence-electron chi connectivity index (χ2n) is 5.47. The van der Waals surface area contributed by atoms with Gasteiger partial charge in [0.2, 0.25) is 0 Å². The van der Waals surface area contributed by atoms with E-state index in [0.717, 1.165) is 32.9 Å². The van der Waals surface area contributed by atoms with Crippen molar-refractivity contribution in [3.05, 3.63) is 71.4 Å². The van der Waals surface area contributed by atoms with Gasteiger partial charge in [-0.15, -0.1) is 0 Å². The Labute approximate surface area is 147 Å². The average Bonchev–Trinajstić information content (AvgIpc) is 2.94. The van der Waals surface area contributed by atoms with Gasteiger partial charge < -0.3 is 5.32 Å². The number of benzene rings is 1. The van der Waals surface area contributed by atoms with Crippen molar-refractivity contribution in [2.24, 2.45) is 0 Å². The minimum Gasteiger partial charge on any atom is -0.339 e. The summed E-state index contributed by atoms with van der Waals surface area (Å²) in [6.07, 6.45) is 7.05. The first-order valence-electron chi connectivity index (χ1n) is 7.48. The molecule has 0 spiro atoms. The third-order valence-corrected chi connectivity index (χ3v) is 4.43. The molecule has 0 aliphatic heterocycles. The van der Waals surface area contributed by atoms with Crippen LogP contribution in [0.3, 0.4) is 0 Å². The molecule has 6 heteroatoms. The van der Waals surface area contributed by atoms with Crippen molar-refractivity contribution in [1.29, 1.82) is 0 Å². The summed E-state index contributed by atoms with van der Waals surface area (Å²) in [6.45, 7) is 2.07. The van der Waals surface area contributed by atoms with Gasteiger partial charge in [-0.25, -0.2) is 9.97 Å². The number of halogens is 1. The van der Waals surface area contributed by atoms with E-state index in [1.54, 1.807) is 24.9 Å². The van der Waals surface area contributed by atoms with E-state index >= 15 is 0 Å². The first-order valence-corrected chi connectivity index (χ1v) is 8.27. The maximum atomic E-state index is 4.75. The van der Waals surface area contributed by atoms with Crippen molar-refractivity contribution in [3.8, 4) is 11.3 Å². The zero-order valence-electron chi connectivity index (χ0n) is 12.9. The van der Waals surface area contributed by atoms with Gasteiger partial charge in [-0.1, -0.05) is 12.1 Å². The van der Waals surface area contributed by atoms with E-state index in [2.05, 4.69) is 50.3 Å². The van der Waals surface area contributed by atoms with Crippen LogP contribution in [-0.4, -0.2) is 19.4 Å². The minimum atomic E-state index is 0.824. The fourth-order valence-electron chi connectivity index (χ4n) is 2.62. The summed E-state index contributed by atoms with van der Waals surface area (Å²) in [6, 6.07) is 12.0. The molecule has 0 saturated carbocycles. The highest BCUT2D eigenvalue weighted by Crippen LogP contribution is 2.34. The Kier molecular flexibility index (Phi) is 3.74. The van der Waals surface area contributed by atoms with Gasteiger partial charge in [-0.3, -0.25) is 9.38 Å². The molecule has 0 fully saturated rings. The number of hydrogen-bond acceptors (Lipinski definition) is 4. The van der Waals surface area contributed by atoms with Crippen LogP contribution in [0, 0.1) is 6.92 Å². The van der Waals surface area contributed by atoms with Gasteiger partial charge in [0, 0.05) is 34.3 Å². The van der Waals surface area contributed by atoms with Crippen molar-refractivity contribution in [1.82, 2.24) is 19.4 Å². The Morgan fingerprint density at radius 3 is 2.79 bits per heavy atom. The summed E-state index contributed by atoms with van der Waals surface area (Å²) in [5.74, 6) is 0.859. The number of imidazole rings is 1. The van der Waals surface area contributed by atoms with Crippen molar-refractivity contribution in [2.45, 2.75) is 6.92 Å². The molecule has 3 aromatic heterocycles. The van der Waals surface area contributed by atoms with E-state index in [1.165, 1.54) is 5.56 Å². The number of nitrogens with one attached hydrogen (secondary N) is 1. The SMILES string of the molecule is Cc1cccc(Nc2c(-c3cnccc3Br)nc3ccncn23)c1. The summed E-state index contributed by atoms with van der Waals surface area (Å²) in [4.78, 5) is 13.2. The minimum absolute atomic E-state index is 0.824.